The number of nitrogens with zero attached hydrogens (tertiary/aromatic N) is 3. The Morgan fingerprint density at radius 1 is 1.28 bits per heavy atom. The number of amides is 1. The number of carbonyl (C=O) groups is 2. The lowest BCUT2D eigenvalue weighted by Crippen LogP contribution is -2.33. The highest BCUT2D eigenvalue weighted by atomic mass is 16.4. The van der Waals surface area contributed by atoms with Gasteiger partial charge in [-0.15, -0.1) is 0 Å². The maximum Gasteiger partial charge on any atom is 0.356 e. The molecule has 0 aliphatic carbocycles. The normalized spacial score (nSPS) is 14.6. The molecule has 1 amide bonds. The molecule has 1 aromatic rings. The van der Waals surface area contributed by atoms with E-state index < -0.39 is 5.97 Å². The Morgan fingerprint density at radius 3 is 2.56 bits per heavy atom. The lowest BCUT2D eigenvalue weighted by atomic mass is 10.4. The summed E-state index contributed by atoms with van der Waals surface area (Å²) in [5.74, 6) is -0.702. The van der Waals surface area contributed by atoms with Crippen LogP contribution in [-0.2, 0) is 4.79 Å². The zero-order valence-corrected chi connectivity index (χ0v) is 9.80. The molecule has 1 fully saturated rings. The largest absolute Gasteiger partial charge is 0.476 e. The Bertz CT molecular complexity index is 440. The summed E-state index contributed by atoms with van der Waals surface area (Å²) in [5.41, 5.74) is -0.119. The Kier molecular flexibility index (Phi) is 3.71. The standard InChI is InChI=1S/C11H14N4O3/c16-10(15-3-1-2-4-15)7-14-9-6-12-8(5-13-9)11(17)18/h5-6H,1-4,7H2,(H,13,14)(H,17,18). The molecule has 18 heavy (non-hydrogen) atoms. The third kappa shape index (κ3) is 2.93. The van der Waals surface area contributed by atoms with E-state index in [-0.39, 0.29) is 18.1 Å². The van der Waals surface area contributed by atoms with Crippen molar-refractivity contribution in [2.45, 2.75) is 12.8 Å². The van der Waals surface area contributed by atoms with Gasteiger partial charge in [0.15, 0.2) is 5.69 Å². The van der Waals surface area contributed by atoms with E-state index in [9.17, 15) is 9.59 Å². The Morgan fingerprint density at radius 2 is 2.00 bits per heavy atom. The van der Waals surface area contributed by atoms with Crippen LogP contribution in [0.15, 0.2) is 12.4 Å². The molecule has 7 nitrogen and oxygen atoms in total. The number of rotatable bonds is 4. The van der Waals surface area contributed by atoms with Gasteiger partial charge in [0.25, 0.3) is 0 Å². The summed E-state index contributed by atoms with van der Waals surface area (Å²) in [4.78, 5) is 31.7. The van der Waals surface area contributed by atoms with Gasteiger partial charge in [0.2, 0.25) is 5.91 Å². The predicted molar refractivity (Wildman–Crippen MR) is 63.3 cm³/mol. The van der Waals surface area contributed by atoms with Gasteiger partial charge in [-0.2, -0.15) is 0 Å². The number of hydrogen-bond donors (Lipinski definition) is 2. The second kappa shape index (κ2) is 5.44. The van der Waals surface area contributed by atoms with Gasteiger partial charge in [0.1, 0.15) is 5.82 Å². The van der Waals surface area contributed by atoms with Crippen LogP contribution in [0.3, 0.4) is 0 Å². The summed E-state index contributed by atoms with van der Waals surface area (Å²) in [5, 5.41) is 11.5. The summed E-state index contributed by atoms with van der Waals surface area (Å²) in [6.07, 6.45) is 4.57. The lowest BCUT2D eigenvalue weighted by Gasteiger charge is -2.15. The molecule has 0 bridgehead atoms. The maximum absolute atomic E-state index is 11.7. The van der Waals surface area contributed by atoms with Crippen LogP contribution in [0.5, 0.6) is 0 Å². The number of nitrogens with one attached hydrogen (secondary N) is 1. The fourth-order valence-electron chi connectivity index (χ4n) is 1.77. The van der Waals surface area contributed by atoms with Gasteiger partial charge in [-0.25, -0.2) is 14.8 Å². The molecule has 1 saturated heterocycles. The summed E-state index contributed by atoms with van der Waals surface area (Å²) in [7, 11) is 0. The van der Waals surface area contributed by atoms with Crippen molar-refractivity contribution >= 4 is 17.7 Å². The monoisotopic (exact) mass is 250 g/mol. The smallest absolute Gasteiger partial charge is 0.356 e. The van der Waals surface area contributed by atoms with Gasteiger partial charge in [-0.3, -0.25) is 4.79 Å². The van der Waals surface area contributed by atoms with Gasteiger partial charge in [0, 0.05) is 13.1 Å². The number of aromatic nitrogens is 2. The average Bonchev–Trinajstić information content (AvgIpc) is 2.90. The van der Waals surface area contributed by atoms with E-state index in [1.54, 1.807) is 4.90 Å². The molecule has 96 valence electrons. The molecular weight excluding hydrogens is 236 g/mol. The van der Waals surface area contributed by atoms with Crippen LogP contribution in [0.1, 0.15) is 23.3 Å². The number of anilines is 1. The molecule has 0 unspecified atom stereocenters. The second-order valence-electron chi connectivity index (χ2n) is 4.03. The molecule has 0 aromatic carbocycles. The van der Waals surface area contributed by atoms with E-state index in [4.69, 9.17) is 5.11 Å². The van der Waals surface area contributed by atoms with Gasteiger partial charge in [-0.1, -0.05) is 0 Å². The van der Waals surface area contributed by atoms with Crippen molar-refractivity contribution in [3.05, 3.63) is 18.1 Å². The molecule has 1 aliphatic heterocycles. The highest BCUT2D eigenvalue weighted by Gasteiger charge is 2.17. The van der Waals surface area contributed by atoms with Crippen LogP contribution < -0.4 is 5.32 Å². The number of hydrogen-bond acceptors (Lipinski definition) is 5. The minimum absolute atomic E-state index is 0.0246. The van der Waals surface area contributed by atoms with Crippen molar-refractivity contribution < 1.29 is 14.7 Å². The molecule has 1 aliphatic rings. The molecule has 2 rings (SSSR count). The van der Waals surface area contributed by atoms with Crippen molar-refractivity contribution in [1.82, 2.24) is 14.9 Å². The second-order valence-corrected chi connectivity index (χ2v) is 4.03. The van der Waals surface area contributed by atoms with E-state index in [0.29, 0.717) is 5.82 Å². The first-order valence-corrected chi connectivity index (χ1v) is 5.74. The summed E-state index contributed by atoms with van der Waals surface area (Å²) >= 11 is 0. The fourth-order valence-corrected chi connectivity index (χ4v) is 1.77. The Labute approximate surface area is 104 Å². The first-order valence-electron chi connectivity index (χ1n) is 5.74. The van der Waals surface area contributed by atoms with Crippen LogP contribution in [0.25, 0.3) is 0 Å². The molecule has 7 heteroatoms. The maximum atomic E-state index is 11.7. The number of likely N-dealkylation sites (tertiary alicyclic amines) is 1. The minimum atomic E-state index is -1.12. The van der Waals surface area contributed by atoms with Crippen LogP contribution in [-0.4, -0.2) is 51.5 Å². The van der Waals surface area contributed by atoms with Crippen LogP contribution in [0.2, 0.25) is 0 Å². The predicted octanol–water partition coefficient (Wildman–Crippen LogP) is 0.209. The molecule has 2 heterocycles. The van der Waals surface area contributed by atoms with Crippen molar-refractivity contribution in [2.24, 2.45) is 0 Å². The minimum Gasteiger partial charge on any atom is -0.476 e. The van der Waals surface area contributed by atoms with Crippen LogP contribution >= 0.6 is 0 Å². The average molecular weight is 250 g/mol. The first-order chi connectivity index (χ1) is 8.66. The van der Waals surface area contributed by atoms with Gasteiger partial charge in [0.05, 0.1) is 18.9 Å². The summed E-state index contributed by atoms with van der Waals surface area (Å²) in [6.45, 7) is 1.77. The van der Waals surface area contributed by atoms with Gasteiger partial charge >= 0.3 is 5.97 Å². The Hall–Kier alpha value is -2.18. The van der Waals surface area contributed by atoms with E-state index in [2.05, 4.69) is 15.3 Å². The molecule has 0 saturated carbocycles. The zero-order chi connectivity index (χ0) is 13.0. The number of carboxylic acid groups (broad SMARTS) is 1. The molecule has 1 aromatic heterocycles. The molecule has 0 spiro atoms. The third-order valence-corrected chi connectivity index (χ3v) is 2.75. The van der Waals surface area contributed by atoms with Crippen molar-refractivity contribution in [3.63, 3.8) is 0 Å². The van der Waals surface area contributed by atoms with Crippen molar-refractivity contribution in [3.8, 4) is 0 Å². The molecule has 0 atom stereocenters. The Balaban J connectivity index is 1.86. The number of carboxylic acids is 1. The van der Waals surface area contributed by atoms with E-state index in [1.165, 1.54) is 6.20 Å². The first kappa shape index (κ1) is 12.3. The molecular formula is C11H14N4O3. The fraction of sp³-hybridized carbons (Fsp3) is 0.455. The lowest BCUT2D eigenvalue weighted by molar-refractivity contribution is -0.128. The number of carbonyl (C=O) groups excluding carboxylic acids is 1. The van der Waals surface area contributed by atoms with E-state index >= 15 is 0 Å². The third-order valence-electron chi connectivity index (χ3n) is 2.75. The summed E-state index contributed by atoms with van der Waals surface area (Å²) in [6, 6.07) is 0. The highest BCUT2D eigenvalue weighted by molar-refractivity contribution is 5.85. The quantitative estimate of drug-likeness (QED) is 0.793. The van der Waals surface area contributed by atoms with E-state index in [1.807, 2.05) is 0 Å². The highest BCUT2D eigenvalue weighted by Crippen LogP contribution is 2.08. The topological polar surface area (TPSA) is 95.4 Å². The van der Waals surface area contributed by atoms with Crippen molar-refractivity contribution in [2.75, 3.05) is 25.0 Å². The van der Waals surface area contributed by atoms with E-state index in [0.717, 1.165) is 32.1 Å². The van der Waals surface area contributed by atoms with Crippen LogP contribution in [0, 0.1) is 0 Å². The van der Waals surface area contributed by atoms with Gasteiger partial charge in [-0.05, 0) is 12.8 Å². The van der Waals surface area contributed by atoms with Gasteiger partial charge < -0.3 is 15.3 Å². The van der Waals surface area contributed by atoms with Crippen LogP contribution in [0.4, 0.5) is 5.82 Å². The molecule has 0 radical (unpaired) electrons. The van der Waals surface area contributed by atoms with Crippen molar-refractivity contribution in [1.29, 1.82) is 0 Å². The SMILES string of the molecule is O=C(O)c1cnc(NCC(=O)N2CCCC2)cn1. The summed E-state index contributed by atoms with van der Waals surface area (Å²) < 4.78 is 0. The number of aromatic carboxylic acids is 1. The molecule has 2 N–H and O–H groups in total. The zero-order valence-electron chi connectivity index (χ0n) is 9.80.